The molecule has 0 amide bonds. The molecule has 0 fully saturated rings. The SMILES string of the molecule is CCC/C=C\c1c(C)nc(Cl)nc1Cl. The minimum absolute atomic E-state index is 0.195. The Labute approximate surface area is 94.0 Å². The van der Waals surface area contributed by atoms with Crippen molar-refractivity contribution >= 4 is 29.3 Å². The highest BCUT2D eigenvalue weighted by Gasteiger charge is 2.05. The first-order chi connectivity index (χ1) is 6.65. The van der Waals surface area contributed by atoms with Crippen LogP contribution < -0.4 is 0 Å². The minimum Gasteiger partial charge on any atom is -0.223 e. The summed E-state index contributed by atoms with van der Waals surface area (Å²) < 4.78 is 0. The number of hydrogen-bond donors (Lipinski definition) is 0. The first kappa shape index (κ1) is 11.5. The number of unbranched alkanes of at least 4 members (excludes halogenated alkanes) is 1. The number of rotatable bonds is 3. The summed E-state index contributed by atoms with van der Waals surface area (Å²) in [5.41, 5.74) is 1.66. The first-order valence-corrected chi connectivity index (χ1v) is 5.27. The molecule has 0 radical (unpaired) electrons. The maximum atomic E-state index is 5.93. The molecule has 0 bridgehead atoms. The summed E-state index contributed by atoms with van der Waals surface area (Å²) in [6, 6.07) is 0. The molecule has 0 unspecified atom stereocenters. The Hall–Kier alpha value is -0.600. The molecule has 0 aliphatic carbocycles. The summed E-state index contributed by atoms with van der Waals surface area (Å²) in [6.07, 6.45) is 6.14. The van der Waals surface area contributed by atoms with Crippen molar-refractivity contribution in [1.29, 1.82) is 0 Å². The standard InChI is InChI=1S/C10H12Cl2N2/c1-3-4-5-6-8-7(2)13-10(12)14-9(8)11/h5-6H,3-4H2,1-2H3/b6-5-. The van der Waals surface area contributed by atoms with Gasteiger partial charge in [-0.25, -0.2) is 9.97 Å². The van der Waals surface area contributed by atoms with E-state index >= 15 is 0 Å². The van der Waals surface area contributed by atoms with Gasteiger partial charge in [0.25, 0.3) is 0 Å². The average Bonchev–Trinajstić information content (AvgIpc) is 2.09. The van der Waals surface area contributed by atoms with Gasteiger partial charge in [-0.15, -0.1) is 0 Å². The van der Waals surface area contributed by atoms with E-state index in [4.69, 9.17) is 23.2 Å². The summed E-state index contributed by atoms with van der Waals surface area (Å²) in [7, 11) is 0. The Morgan fingerprint density at radius 3 is 2.57 bits per heavy atom. The van der Waals surface area contributed by atoms with Crippen molar-refractivity contribution in [2.24, 2.45) is 0 Å². The van der Waals surface area contributed by atoms with Crippen molar-refractivity contribution in [3.63, 3.8) is 0 Å². The fourth-order valence-electron chi connectivity index (χ4n) is 1.07. The summed E-state index contributed by atoms with van der Waals surface area (Å²) in [6.45, 7) is 3.99. The van der Waals surface area contributed by atoms with E-state index in [1.54, 1.807) is 0 Å². The van der Waals surface area contributed by atoms with Crippen LogP contribution >= 0.6 is 23.2 Å². The number of nitrogens with zero attached hydrogens (tertiary/aromatic N) is 2. The monoisotopic (exact) mass is 230 g/mol. The quantitative estimate of drug-likeness (QED) is 0.582. The molecule has 1 rings (SSSR count). The third-order valence-corrected chi connectivity index (χ3v) is 2.26. The van der Waals surface area contributed by atoms with Gasteiger partial charge in [0.15, 0.2) is 0 Å². The molecule has 0 atom stereocenters. The van der Waals surface area contributed by atoms with Crippen LogP contribution in [0.15, 0.2) is 6.08 Å². The minimum atomic E-state index is 0.195. The van der Waals surface area contributed by atoms with Crippen molar-refractivity contribution < 1.29 is 0 Å². The Morgan fingerprint density at radius 1 is 1.29 bits per heavy atom. The Kier molecular flexibility index (Phi) is 4.36. The predicted molar refractivity (Wildman–Crippen MR) is 60.7 cm³/mol. The van der Waals surface area contributed by atoms with Gasteiger partial charge >= 0.3 is 0 Å². The van der Waals surface area contributed by atoms with Gasteiger partial charge < -0.3 is 0 Å². The van der Waals surface area contributed by atoms with E-state index in [0.29, 0.717) is 5.15 Å². The summed E-state index contributed by atoms with van der Waals surface area (Å²) >= 11 is 11.6. The van der Waals surface area contributed by atoms with Gasteiger partial charge in [0, 0.05) is 5.56 Å². The highest BCUT2D eigenvalue weighted by molar-refractivity contribution is 6.32. The fourth-order valence-corrected chi connectivity index (χ4v) is 1.61. The topological polar surface area (TPSA) is 25.8 Å². The van der Waals surface area contributed by atoms with Gasteiger partial charge in [-0.1, -0.05) is 37.1 Å². The number of allylic oxidation sites excluding steroid dienone is 1. The van der Waals surface area contributed by atoms with Crippen LogP contribution in [0, 0.1) is 6.92 Å². The van der Waals surface area contributed by atoms with Crippen LogP contribution in [0.3, 0.4) is 0 Å². The molecule has 0 aromatic carbocycles. The normalized spacial score (nSPS) is 11.1. The number of halogens is 2. The molecule has 4 heteroatoms. The van der Waals surface area contributed by atoms with Crippen LogP contribution in [0.5, 0.6) is 0 Å². The maximum absolute atomic E-state index is 5.93. The molecule has 14 heavy (non-hydrogen) atoms. The van der Waals surface area contributed by atoms with Crippen LogP contribution in [-0.2, 0) is 0 Å². The van der Waals surface area contributed by atoms with E-state index in [2.05, 4.69) is 23.0 Å². The first-order valence-electron chi connectivity index (χ1n) is 4.51. The third kappa shape index (κ3) is 2.96. The lowest BCUT2D eigenvalue weighted by Crippen LogP contribution is -1.92. The van der Waals surface area contributed by atoms with E-state index in [0.717, 1.165) is 24.1 Å². The van der Waals surface area contributed by atoms with Crippen LogP contribution in [0.4, 0.5) is 0 Å². The van der Waals surface area contributed by atoms with Gasteiger partial charge in [-0.3, -0.25) is 0 Å². The number of aryl methyl sites for hydroxylation is 1. The van der Waals surface area contributed by atoms with Crippen molar-refractivity contribution in [1.82, 2.24) is 9.97 Å². The zero-order valence-electron chi connectivity index (χ0n) is 8.22. The zero-order valence-corrected chi connectivity index (χ0v) is 9.73. The number of aromatic nitrogens is 2. The molecule has 0 aliphatic heterocycles. The largest absolute Gasteiger partial charge is 0.224 e. The highest BCUT2D eigenvalue weighted by Crippen LogP contribution is 2.19. The highest BCUT2D eigenvalue weighted by atomic mass is 35.5. The lowest BCUT2D eigenvalue weighted by atomic mass is 10.2. The van der Waals surface area contributed by atoms with E-state index < -0.39 is 0 Å². The van der Waals surface area contributed by atoms with E-state index in [1.165, 1.54) is 0 Å². The fraction of sp³-hybridized carbons (Fsp3) is 0.400. The second-order valence-corrected chi connectivity index (χ2v) is 3.67. The molecule has 2 nitrogen and oxygen atoms in total. The van der Waals surface area contributed by atoms with Crippen LogP contribution in [0.2, 0.25) is 10.4 Å². The van der Waals surface area contributed by atoms with E-state index in [9.17, 15) is 0 Å². The lowest BCUT2D eigenvalue weighted by molar-refractivity contribution is 0.961. The molecule has 0 saturated heterocycles. The second kappa shape index (κ2) is 5.32. The Bertz CT molecular complexity index is 325. The summed E-state index contributed by atoms with van der Waals surface area (Å²) in [4.78, 5) is 7.91. The van der Waals surface area contributed by atoms with Crippen molar-refractivity contribution in [3.8, 4) is 0 Å². The molecule has 0 aliphatic rings. The molecular weight excluding hydrogens is 219 g/mol. The van der Waals surface area contributed by atoms with Crippen molar-refractivity contribution in [2.75, 3.05) is 0 Å². The van der Waals surface area contributed by atoms with Crippen LogP contribution in [-0.4, -0.2) is 9.97 Å². The Morgan fingerprint density at radius 2 is 2.00 bits per heavy atom. The molecule has 76 valence electrons. The van der Waals surface area contributed by atoms with Crippen LogP contribution in [0.25, 0.3) is 6.08 Å². The molecular formula is C10H12Cl2N2. The number of hydrogen-bond acceptors (Lipinski definition) is 2. The molecule has 1 aromatic rings. The van der Waals surface area contributed by atoms with Crippen LogP contribution in [0.1, 0.15) is 31.0 Å². The predicted octanol–water partition coefficient (Wildman–Crippen LogP) is 3.91. The van der Waals surface area contributed by atoms with Crippen molar-refractivity contribution in [3.05, 3.63) is 27.8 Å². The molecule has 0 N–H and O–H groups in total. The molecule has 1 heterocycles. The van der Waals surface area contributed by atoms with Gasteiger partial charge in [-0.2, -0.15) is 0 Å². The maximum Gasteiger partial charge on any atom is 0.224 e. The van der Waals surface area contributed by atoms with Gasteiger partial charge in [0.2, 0.25) is 5.28 Å². The molecule has 0 spiro atoms. The van der Waals surface area contributed by atoms with E-state index in [-0.39, 0.29) is 5.28 Å². The summed E-state index contributed by atoms with van der Waals surface area (Å²) in [5, 5.41) is 0.606. The second-order valence-electron chi connectivity index (χ2n) is 2.97. The average molecular weight is 231 g/mol. The van der Waals surface area contributed by atoms with Gasteiger partial charge in [0.05, 0.1) is 5.69 Å². The summed E-state index contributed by atoms with van der Waals surface area (Å²) in [5.74, 6) is 0. The molecule has 0 saturated carbocycles. The lowest BCUT2D eigenvalue weighted by Gasteiger charge is -2.01. The van der Waals surface area contributed by atoms with Gasteiger partial charge in [-0.05, 0) is 24.9 Å². The zero-order chi connectivity index (χ0) is 10.6. The third-order valence-electron chi connectivity index (χ3n) is 1.80. The van der Waals surface area contributed by atoms with Crippen molar-refractivity contribution in [2.45, 2.75) is 26.7 Å². The molecule has 1 aromatic heterocycles. The Balaban J connectivity index is 2.96. The smallest absolute Gasteiger partial charge is 0.223 e. The van der Waals surface area contributed by atoms with Gasteiger partial charge in [0.1, 0.15) is 5.15 Å². The van der Waals surface area contributed by atoms with E-state index in [1.807, 2.05) is 13.0 Å².